The zero-order chi connectivity index (χ0) is 17.5. The van der Waals surface area contributed by atoms with Gasteiger partial charge in [-0.25, -0.2) is 9.37 Å². The summed E-state index contributed by atoms with van der Waals surface area (Å²) in [6.07, 6.45) is 5.32. The Bertz CT molecular complexity index is 552. The Morgan fingerprint density at radius 3 is 2.39 bits per heavy atom. The predicted molar refractivity (Wildman–Crippen MR) is 91.7 cm³/mol. The molecule has 2 rings (SSSR count). The third-order valence-electron chi connectivity index (χ3n) is 2.37. The van der Waals surface area contributed by atoms with Crippen LogP contribution in [0.3, 0.4) is 0 Å². The molecule has 4 N–H and O–H groups in total. The van der Waals surface area contributed by atoms with Crippen molar-refractivity contribution in [2.24, 2.45) is 11.5 Å². The molecular formula is C17H24FN3O2. The van der Waals surface area contributed by atoms with E-state index in [9.17, 15) is 4.39 Å². The summed E-state index contributed by atoms with van der Waals surface area (Å²) in [5.41, 5.74) is 11.1. The SMILES string of the molecule is C=CC.CN.NC/C(=C/F)COc1ccc(-c2ncco2)cc1. The van der Waals surface area contributed by atoms with Gasteiger partial charge < -0.3 is 20.6 Å². The molecule has 0 saturated heterocycles. The van der Waals surface area contributed by atoms with Crippen LogP contribution in [0.2, 0.25) is 0 Å². The molecule has 6 heteroatoms. The summed E-state index contributed by atoms with van der Waals surface area (Å²) in [6, 6.07) is 7.18. The van der Waals surface area contributed by atoms with Gasteiger partial charge in [0.15, 0.2) is 0 Å². The normalized spacial score (nSPS) is 9.87. The second-order valence-electron chi connectivity index (χ2n) is 4.03. The predicted octanol–water partition coefficient (Wildman–Crippen LogP) is 3.30. The summed E-state index contributed by atoms with van der Waals surface area (Å²) >= 11 is 0. The maximum Gasteiger partial charge on any atom is 0.225 e. The first-order valence-corrected chi connectivity index (χ1v) is 7.00. The van der Waals surface area contributed by atoms with E-state index in [4.69, 9.17) is 14.9 Å². The molecule has 0 bridgehead atoms. The van der Waals surface area contributed by atoms with Gasteiger partial charge in [0.05, 0.1) is 12.5 Å². The Morgan fingerprint density at radius 2 is 1.96 bits per heavy atom. The summed E-state index contributed by atoms with van der Waals surface area (Å²) in [5, 5.41) is 0. The lowest BCUT2D eigenvalue weighted by Crippen LogP contribution is -2.10. The van der Waals surface area contributed by atoms with Crippen molar-refractivity contribution in [1.82, 2.24) is 4.98 Å². The zero-order valence-corrected chi connectivity index (χ0v) is 13.5. The second-order valence-corrected chi connectivity index (χ2v) is 4.03. The first-order valence-electron chi connectivity index (χ1n) is 7.00. The lowest BCUT2D eigenvalue weighted by atomic mass is 10.2. The van der Waals surface area contributed by atoms with Crippen LogP contribution in [0.25, 0.3) is 11.5 Å². The molecule has 0 aliphatic carbocycles. The van der Waals surface area contributed by atoms with E-state index in [-0.39, 0.29) is 13.2 Å². The number of rotatable bonds is 5. The fourth-order valence-corrected chi connectivity index (χ4v) is 1.37. The Hall–Kier alpha value is -2.44. The van der Waals surface area contributed by atoms with Crippen molar-refractivity contribution in [1.29, 1.82) is 0 Å². The van der Waals surface area contributed by atoms with Gasteiger partial charge in [-0.15, -0.1) is 6.58 Å². The molecule has 23 heavy (non-hydrogen) atoms. The molecule has 0 atom stereocenters. The smallest absolute Gasteiger partial charge is 0.225 e. The van der Waals surface area contributed by atoms with Crippen molar-refractivity contribution in [2.45, 2.75) is 6.92 Å². The van der Waals surface area contributed by atoms with Gasteiger partial charge in [0, 0.05) is 17.7 Å². The Kier molecular flexibility index (Phi) is 11.8. The quantitative estimate of drug-likeness (QED) is 0.825. The minimum Gasteiger partial charge on any atom is -0.489 e. The van der Waals surface area contributed by atoms with E-state index in [0.29, 0.717) is 23.5 Å². The van der Waals surface area contributed by atoms with Gasteiger partial charge in [-0.3, -0.25) is 0 Å². The van der Waals surface area contributed by atoms with E-state index in [0.717, 1.165) is 5.56 Å². The highest BCUT2D eigenvalue weighted by Gasteiger charge is 2.03. The Morgan fingerprint density at radius 1 is 1.35 bits per heavy atom. The van der Waals surface area contributed by atoms with Gasteiger partial charge in [-0.05, 0) is 38.2 Å². The Labute approximate surface area is 136 Å². The molecular weight excluding hydrogens is 297 g/mol. The first-order chi connectivity index (χ1) is 11.2. The molecule has 0 spiro atoms. The first kappa shape index (κ1) is 20.6. The van der Waals surface area contributed by atoms with Crippen molar-refractivity contribution < 1.29 is 13.5 Å². The minimum atomic E-state index is 0.144. The van der Waals surface area contributed by atoms with Crippen molar-refractivity contribution in [3.05, 3.63) is 61.3 Å². The van der Waals surface area contributed by atoms with Crippen LogP contribution in [-0.4, -0.2) is 25.2 Å². The molecule has 1 aromatic carbocycles. The van der Waals surface area contributed by atoms with Crippen LogP contribution in [-0.2, 0) is 0 Å². The minimum absolute atomic E-state index is 0.144. The lowest BCUT2D eigenvalue weighted by molar-refractivity contribution is 0.347. The molecule has 0 aliphatic heterocycles. The van der Waals surface area contributed by atoms with Crippen LogP contribution < -0.4 is 16.2 Å². The maximum atomic E-state index is 12.3. The molecule has 1 aromatic heterocycles. The van der Waals surface area contributed by atoms with Gasteiger partial charge in [-0.2, -0.15) is 0 Å². The summed E-state index contributed by atoms with van der Waals surface area (Å²) in [5.74, 6) is 1.19. The molecule has 0 fully saturated rings. The largest absolute Gasteiger partial charge is 0.489 e. The standard InChI is InChI=1S/C13H13FN2O2.C3H6.CH5N/c14-7-10(8-15)9-18-12-3-1-11(2-4-12)13-16-5-6-17-13;1-3-2;1-2/h1-7H,8-9,15H2;3H,1H2,2H3;2H2,1H3/b10-7-;;. The number of ether oxygens (including phenoxy) is 1. The van der Waals surface area contributed by atoms with Gasteiger partial charge in [-0.1, -0.05) is 6.08 Å². The molecule has 0 amide bonds. The van der Waals surface area contributed by atoms with E-state index in [1.165, 1.54) is 13.3 Å². The summed E-state index contributed by atoms with van der Waals surface area (Å²) in [6.45, 7) is 5.54. The van der Waals surface area contributed by atoms with Crippen LogP contribution in [0.1, 0.15) is 6.92 Å². The number of aromatic nitrogens is 1. The zero-order valence-electron chi connectivity index (χ0n) is 13.5. The topological polar surface area (TPSA) is 87.3 Å². The molecule has 0 unspecified atom stereocenters. The van der Waals surface area contributed by atoms with Crippen molar-refractivity contribution in [3.63, 3.8) is 0 Å². The number of hydrogen-bond donors (Lipinski definition) is 2. The molecule has 5 nitrogen and oxygen atoms in total. The Balaban J connectivity index is 0.000000868. The molecule has 126 valence electrons. The van der Waals surface area contributed by atoms with Crippen LogP contribution in [0.5, 0.6) is 5.75 Å². The summed E-state index contributed by atoms with van der Waals surface area (Å²) in [7, 11) is 1.50. The third kappa shape index (κ3) is 7.94. The highest BCUT2D eigenvalue weighted by molar-refractivity contribution is 5.54. The average Bonchev–Trinajstić information content (AvgIpc) is 3.13. The molecule has 0 saturated carbocycles. The fraction of sp³-hybridized carbons (Fsp3) is 0.235. The molecule has 1 heterocycles. The van der Waals surface area contributed by atoms with Gasteiger partial charge in [0.25, 0.3) is 0 Å². The van der Waals surface area contributed by atoms with Crippen LogP contribution >= 0.6 is 0 Å². The van der Waals surface area contributed by atoms with Crippen molar-refractivity contribution in [3.8, 4) is 17.2 Å². The van der Waals surface area contributed by atoms with Gasteiger partial charge >= 0.3 is 0 Å². The second kappa shape index (κ2) is 13.2. The highest BCUT2D eigenvalue weighted by Crippen LogP contribution is 2.20. The van der Waals surface area contributed by atoms with Gasteiger partial charge in [0.2, 0.25) is 5.89 Å². The van der Waals surface area contributed by atoms with E-state index >= 15 is 0 Å². The monoisotopic (exact) mass is 321 g/mol. The van der Waals surface area contributed by atoms with Crippen molar-refractivity contribution in [2.75, 3.05) is 20.2 Å². The number of hydrogen-bond acceptors (Lipinski definition) is 5. The highest BCUT2D eigenvalue weighted by atomic mass is 19.1. The van der Waals surface area contributed by atoms with Crippen LogP contribution in [0.15, 0.2) is 65.7 Å². The lowest BCUT2D eigenvalue weighted by Gasteiger charge is -2.07. The van der Waals surface area contributed by atoms with Crippen molar-refractivity contribution >= 4 is 0 Å². The molecule has 2 aromatic rings. The molecule has 0 aliphatic rings. The number of halogens is 1. The fourth-order valence-electron chi connectivity index (χ4n) is 1.37. The number of nitrogens with two attached hydrogens (primary N) is 2. The number of benzene rings is 1. The number of oxazole rings is 1. The summed E-state index contributed by atoms with van der Waals surface area (Å²) in [4.78, 5) is 4.03. The van der Waals surface area contributed by atoms with E-state index in [1.54, 1.807) is 24.4 Å². The average molecular weight is 321 g/mol. The third-order valence-corrected chi connectivity index (χ3v) is 2.37. The van der Waals surface area contributed by atoms with E-state index in [2.05, 4.69) is 17.3 Å². The molecule has 0 radical (unpaired) electrons. The van der Waals surface area contributed by atoms with E-state index in [1.807, 2.05) is 19.1 Å². The summed E-state index contributed by atoms with van der Waals surface area (Å²) < 4.78 is 22.8. The number of nitrogens with zero attached hydrogens (tertiary/aromatic N) is 1. The van der Waals surface area contributed by atoms with Crippen LogP contribution in [0.4, 0.5) is 4.39 Å². The maximum absolute atomic E-state index is 12.3. The van der Waals surface area contributed by atoms with Crippen LogP contribution in [0, 0.1) is 0 Å². The van der Waals surface area contributed by atoms with Gasteiger partial charge in [0.1, 0.15) is 18.6 Å². The van der Waals surface area contributed by atoms with E-state index < -0.39 is 0 Å². The number of allylic oxidation sites excluding steroid dienone is 1.